The molecule has 3 rings (SSSR count). The molecule has 1 saturated heterocycles. The maximum atomic E-state index is 6.49. The lowest BCUT2D eigenvalue weighted by Crippen LogP contribution is -2.42. The Hall–Kier alpha value is 0.440. The van der Waals surface area contributed by atoms with E-state index in [-0.39, 0.29) is 0 Å². The normalized spacial score (nSPS) is 43.1. The first-order chi connectivity index (χ1) is 12.2. The maximum Gasteiger partial charge on any atom is 0.0614 e. The number of alkyl halides is 1. The first-order valence-electron chi connectivity index (χ1n) is 11.5. The molecular formula is C23H41BrO. The second-order valence-electron chi connectivity index (χ2n) is 9.43. The third-order valence-electron chi connectivity index (χ3n) is 7.73. The van der Waals surface area contributed by atoms with Crippen molar-refractivity contribution in [1.29, 1.82) is 0 Å². The summed E-state index contributed by atoms with van der Waals surface area (Å²) in [5.74, 6) is 4.56. The highest BCUT2D eigenvalue weighted by molar-refractivity contribution is 9.09. The molecule has 2 aliphatic carbocycles. The third kappa shape index (κ3) is 5.47. The molecule has 0 spiro atoms. The monoisotopic (exact) mass is 412 g/mol. The van der Waals surface area contributed by atoms with Crippen molar-refractivity contribution in [3.05, 3.63) is 0 Å². The smallest absolute Gasteiger partial charge is 0.0614 e. The molecule has 0 aromatic heterocycles. The van der Waals surface area contributed by atoms with Crippen LogP contribution in [0, 0.1) is 29.6 Å². The van der Waals surface area contributed by atoms with E-state index in [1.165, 1.54) is 83.5 Å². The molecule has 3 fully saturated rings. The second kappa shape index (κ2) is 10.1. The lowest BCUT2D eigenvalue weighted by atomic mass is 9.71. The third-order valence-corrected chi connectivity index (χ3v) is 8.79. The lowest BCUT2D eigenvalue weighted by Gasteiger charge is -2.43. The van der Waals surface area contributed by atoms with Crippen molar-refractivity contribution in [3.8, 4) is 0 Å². The number of hydrogen-bond donors (Lipinski definition) is 0. The molecule has 3 aliphatic rings. The number of ether oxygens (including phenoxy) is 1. The Bertz CT molecular complexity index is 368. The van der Waals surface area contributed by atoms with E-state index < -0.39 is 0 Å². The molecule has 2 heteroatoms. The van der Waals surface area contributed by atoms with E-state index in [1.807, 2.05) is 0 Å². The summed E-state index contributed by atoms with van der Waals surface area (Å²) in [4.78, 5) is 0.701. The Morgan fingerprint density at radius 2 is 1.28 bits per heavy atom. The zero-order chi connectivity index (χ0) is 17.6. The average molecular weight is 413 g/mol. The van der Waals surface area contributed by atoms with Gasteiger partial charge in [-0.05, 0) is 61.7 Å². The Balaban J connectivity index is 1.42. The van der Waals surface area contributed by atoms with Crippen molar-refractivity contribution >= 4 is 15.9 Å². The first kappa shape index (κ1) is 20.2. The van der Waals surface area contributed by atoms with Gasteiger partial charge >= 0.3 is 0 Å². The highest BCUT2D eigenvalue weighted by atomic mass is 79.9. The van der Waals surface area contributed by atoms with Gasteiger partial charge in [-0.25, -0.2) is 0 Å². The summed E-state index contributed by atoms with van der Waals surface area (Å²) >= 11 is 4.10. The van der Waals surface area contributed by atoms with Crippen LogP contribution in [0.5, 0.6) is 0 Å². The molecule has 0 amide bonds. The number of hydrogen-bond acceptors (Lipinski definition) is 1. The van der Waals surface area contributed by atoms with Gasteiger partial charge in [0.05, 0.1) is 12.7 Å². The van der Waals surface area contributed by atoms with Gasteiger partial charge < -0.3 is 4.74 Å². The summed E-state index contributed by atoms with van der Waals surface area (Å²) < 4.78 is 6.49. The molecule has 2 saturated carbocycles. The molecule has 1 aliphatic heterocycles. The Labute approximate surface area is 165 Å². The minimum Gasteiger partial charge on any atom is -0.378 e. The fourth-order valence-electron chi connectivity index (χ4n) is 6.13. The van der Waals surface area contributed by atoms with Crippen LogP contribution in [-0.2, 0) is 4.74 Å². The van der Waals surface area contributed by atoms with Crippen LogP contribution < -0.4 is 0 Å². The topological polar surface area (TPSA) is 9.23 Å². The van der Waals surface area contributed by atoms with Crippen LogP contribution in [-0.4, -0.2) is 17.5 Å². The molecule has 25 heavy (non-hydrogen) atoms. The van der Waals surface area contributed by atoms with Crippen molar-refractivity contribution in [2.75, 3.05) is 6.61 Å². The quantitative estimate of drug-likeness (QED) is 0.413. The summed E-state index contributed by atoms with van der Waals surface area (Å²) in [5, 5.41) is 0. The Morgan fingerprint density at radius 3 is 1.76 bits per heavy atom. The van der Waals surface area contributed by atoms with Gasteiger partial charge in [-0.15, -0.1) is 0 Å². The highest BCUT2D eigenvalue weighted by Crippen LogP contribution is 2.44. The van der Waals surface area contributed by atoms with Crippen LogP contribution in [0.15, 0.2) is 0 Å². The molecule has 3 atom stereocenters. The van der Waals surface area contributed by atoms with E-state index in [4.69, 9.17) is 4.74 Å². The largest absolute Gasteiger partial charge is 0.378 e. The van der Waals surface area contributed by atoms with Crippen molar-refractivity contribution in [3.63, 3.8) is 0 Å². The van der Waals surface area contributed by atoms with Gasteiger partial charge in [0.1, 0.15) is 0 Å². The zero-order valence-corrected chi connectivity index (χ0v) is 18.3. The highest BCUT2D eigenvalue weighted by Gasteiger charge is 2.39. The molecule has 0 N–H and O–H groups in total. The van der Waals surface area contributed by atoms with Gasteiger partial charge in [0.25, 0.3) is 0 Å². The van der Waals surface area contributed by atoms with E-state index in [0.29, 0.717) is 10.9 Å². The molecule has 0 bridgehead atoms. The van der Waals surface area contributed by atoms with E-state index in [9.17, 15) is 0 Å². The van der Waals surface area contributed by atoms with Crippen molar-refractivity contribution in [2.24, 2.45) is 29.6 Å². The summed E-state index contributed by atoms with van der Waals surface area (Å²) in [5.41, 5.74) is 0. The zero-order valence-electron chi connectivity index (χ0n) is 16.7. The minimum atomic E-state index is 0.541. The fraction of sp³-hybridized carbons (Fsp3) is 1.00. The van der Waals surface area contributed by atoms with Gasteiger partial charge in [0.2, 0.25) is 0 Å². The van der Waals surface area contributed by atoms with Gasteiger partial charge in [-0.1, -0.05) is 81.1 Å². The van der Waals surface area contributed by atoms with E-state index in [1.54, 1.807) is 0 Å². The van der Waals surface area contributed by atoms with Gasteiger partial charge in [0, 0.05) is 4.83 Å². The molecular weight excluding hydrogens is 372 g/mol. The Morgan fingerprint density at radius 1 is 0.760 bits per heavy atom. The summed E-state index contributed by atoms with van der Waals surface area (Å²) in [6.45, 7) is 5.70. The van der Waals surface area contributed by atoms with E-state index >= 15 is 0 Å². The van der Waals surface area contributed by atoms with Crippen LogP contribution >= 0.6 is 15.9 Å². The Kier molecular flexibility index (Phi) is 8.16. The van der Waals surface area contributed by atoms with Crippen LogP contribution in [0.3, 0.4) is 0 Å². The van der Waals surface area contributed by atoms with Crippen molar-refractivity contribution in [2.45, 2.75) is 108 Å². The average Bonchev–Trinajstić information content (AvgIpc) is 2.64. The van der Waals surface area contributed by atoms with Crippen molar-refractivity contribution < 1.29 is 4.74 Å². The first-order valence-corrected chi connectivity index (χ1v) is 12.4. The van der Waals surface area contributed by atoms with E-state index in [0.717, 1.165) is 36.2 Å². The maximum absolute atomic E-state index is 6.49. The SMILES string of the molecule is CCCC1CCC(C2CC(Br)C(C3CCC(CCC)CC3)CO2)CC1. The van der Waals surface area contributed by atoms with Crippen LogP contribution in [0.25, 0.3) is 0 Å². The summed E-state index contributed by atoms with van der Waals surface area (Å²) in [6.07, 6.45) is 19.0. The van der Waals surface area contributed by atoms with Crippen LogP contribution in [0.2, 0.25) is 0 Å². The standard InChI is InChI=1S/C23H41BrO/c1-3-5-17-7-11-19(12-8-17)21-16-25-23(15-22(21)24)20-13-9-18(6-4-2)10-14-20/h17-23H,3-16H2,1-2H3. The van der Waals surface area contributed by atoms with Gasteiger partial charge in [-0.2, -0.15) is 0 Å². The molecule has 0 aromatic rings. The minimum absolute atomic E-state index is 0.541. The predicted molar refractivity (Wildman–Crippen MR) is 111 cm³/mol. The van der Waals surface area contributed by atoms with Gasteiger partial charge in [0.15, 0.2) is 0 Å². The number of rotatable bonds is 6. The van der Waals surface area contributed by atoms with Crippen molar-refractivity contribution in [1.82, 2.24) is 0 Å². The number of halogens is 1. The van der Waals surface area contributed by atoms with Gasteiger partial charge in [-0.3, -0.25) is 0 Å². The molecule has 146 valence electrons. The van der Waals surface area contributed by atoms with Crippen LogP contribution in [0.1, 0.15) is 97.3 Å². The molecule has 1 nitrogen and oxygen atoms in total. The lowest BCUT2D eigenvalue weighted by molar-refractivity contribution is -0.0697. The van der Waals surface area contributed by atoms with Crippen LogP contribution in [0.4, 0.5) is 0 Å². The molecule has 0 radical (unpaired) electrons. The summed E-state index contributed by atoms with van der Waals surface area (Å²) in [6, 6.07) is 0. The summed E-state index contributed by atoms with van der Waals surface area (Å²) in [7, 11) is 0. The predicted octanol–water partition coefficient (Wildman–Crippen LogP) is 7.37. The molecule has 1 heterocycles. The fourth-order valence-corrected chi connectivity index (χ4v) is 7.09. The molecule has 3 unspecified atom stereocenters. The van der Waals surface area contributed by atoms with E-state index in [2.05, 4.69) is 29.8 Å². The second-order valence-corrected chi connectivity index (χ2v) is 10.6. The molecule has 0 aromatic carbocycles.